The molecule has 0 aliphatic heterocycles. The zero-order chi connectivity index (χ0) is 15.9. The summed E-state index contributed by atoms with van der Waals surface area (Å²) in [6, 6.07) is 1.25. The minimum atomic E-state index is -4.21. The topological polar surface area (TPSA) is 75.6 Å². The standard InChI is InChI=1S/C13H15F2NO4S/c1-2-20-7-5-16-21(18,19)13-10(4-3-6-17)8-11(14)9-12(13)15/h8-9,16-17H,2,5-7H2,1H3. The molecule has 0 aliphatic carbocycles. The van der Waals surface area contributed by atoms with E-state index in [2.05, 4.69) is 16.6 Å². The summed E-state index contributed by atoms with van der Waals surface area (Å²) in [6.07, 6.45) is 0. The Bertz CT molecular complexity index is 650. The second-order valence-corrected chi connectivity index (χ2v) is 5.52. The average Bonchev–Trinajstić information content (AvgIpc) is 2.40. The molecule has 1 aromatic carbocycles. The van der Waals surface area contributed by atoms with E-state index in [1.54, 1.807) is 6.92 Å². The Morgan fingerprint density at radius 3 is 2.71 bits per heavy atom. The van der Waals surface area contributed by atoms with Crippen molar-refractivity contribution in [1.82, 2.24) is 4.72 Å². The van der Waals surface area contributed by atoms with E-state index in [0.29, 0.717) is 12.7 Å². The predicted molar refractivity (Wildman–Crippen MR) is 72.0 cm³/mol. The summed E-state index contributed by atoms with van der Waals surface area (Å²) < 4.78 is 58.2. The van der Waals surface area contributed by atoms with E-state index >= 15 is 0 Å². The number of ether oxygens (including phenoxy) is 1. The number of hydrogen-bond acceptors (Lipinski definition) is 4. The molecular formula is C13H15F2NO4S. The van der Waals surface area contributed by atoms with Crippen LogP contribution < -0.4 is 4.72 Å². The van der Waals surface area contributed by atoms with E-state index in [1.165, 1.54) is 0 Å². The van der Waals surface area contributed by atoms with Crippen molar-refractivity contribution in [3.05, 3.63) is 29.3 Å². The normalized spacial score (nSPS) is 11.0. The van der Waals surface area contributed by atoms with Crippen LogP contribution in [0, 0.1) is 23.5 Å². The fourth-order valence-corrected chi connectivity index (χ4v) is 2.74. The SMILES string of the molecule is CCOCCNS(=O)(=O)c1c(F)cc(F)cc1C#CCO. The minimum Gasteiger partial charge on any atom is -0.384 e. The highest BCUT2D eigenvalue weighted by Crippen LogP contribution is 2.20. The maximum Gasteiger partial charge on any atom is 0.244 e. The van der Waals surface area contributed by atoms with Crippen molar-refractivity contribution >= 4 is 10.0 Å². The Hall–Kier alpha value is -1.53. The van der Waals surface area contributed by atoms with Crippen LogP contribution >= 0.6 is 0 Å². The lowest BCUT2D eigenvalue weighted by atomic mass is 10.2. The Morgan fingerprint density at radius 1 is 1.38 bits per heavy atom. The van der Waals surface area contributed by atoms with Gasteiger partial charge in [-0.3, -0.25) is 0 Å². The molecule has 0 saturated heterocycles. The van der Waals surface area contributed by atoms with Crippen LogP contribution in [0.2, 0.25) is 0 Å². The van der Waals surface area contributed by atoms with Crippen molar-refractivity contribution in [3.8, 4) is 11.8 Å². The van der Waals surface area contributed by atoms with Gasteiger partial charge in [-0.05, 0) is 13.0 Å². The molecule has 116 valence electrons. The maximum absolute atomic E-state index is 13.8. The van der Waals surface area contributed by atoms with Gasteiger partial charge < -0.3 is 9.84 Å². The first-order chi connectivity index (χ1) is 9.92. The molecule has 0 aromatic heterocycles. The van der Waals surface area contributed by atoms with Crippen molar-refractivity contribution in [2.75, 3.05) is 26.4 Å². The number of halogens is 2. The number of aliphatic hydroxyl groups excluding tert-OH is 1. The van der Waals surface area contributed by atoms with Crippen molar-refractivity contribution in [2.45, 2.75) is 11.8 Å². The lowest BCUT2D eigenvalue weighted by molar-refractivity contribution is 0.153. The minimum absolute atomic E-state index is 0.0557. The number of rotatable bonds is 6. The fraction of sp³-hybridized carbons (Fsp3) is 0.385. The summed E-state index contributed by atoms with van der Waals surface area (Å²) in [6.45, 7) is 1.67. The summed E-state index contributed by atoms with van der Waals surface area (Å²) in [5.41, 5.74) is -0.356. The first kappa shape index (κ1) is 17.5. The highest BCUT2D eigenvalue weighted by Gasteiger charge is 2.23. The lowest BCUT2D eigenvalue weighted by Crippen LogP contribution is -2.29. The molecule has 0 amide bonds. The van der Waals surface area contributed by atoms with Crippen LogP contribution in [0.25, 0.3) is 0 Å². The van der Waals surface area contributed by atoms with Crippen LogP contribution in [0.3, 0.4) is 0 Å². The zero-order valence-corrected chi connectivity index (χ0v) is 12.1. The quantitative estimate of drug-likeness (QED) is 0.595. The van der Waals surface area contributed by atoms with Gasteiger partial charge in [0.15, 0.2) is 0 Å². The number of benzene rings is 1. The Kier molecular flexibility index (Phi) is 6.71. The van der Waals surface area contributed by atoms with E-state index < -0.39 is 33.2 Å². The summed E-state index contributed by atoms with van der Waals surface area (Å²) >= 11 is 0. The van der Waals surface area contributed by atoms with Crippen molar-refractivity contribution in [2.24, 2.45) is 0 Å². The van der Waals surface area contributed by atoms with Crippen molar-refractivity contribution < 1.29 is 27.0 Å². The molecule has 21 heavy (non-hydrogen) atoms. The zero-order valence-electron chi connectivity index (χ0n) is 11.3. The van der Waals surface area contributed by atoms with Gasteiger partial charge in [0.25, 0.3) is 0 Å². The molecular weight excluding hydrogens is 304 g/mol. The Labute approximate surface area is 122 Å². The van der Waals surface area contributed by atoms with Crippen LogP contribution in [-0.4, -0.2) is 39.9 Å². The number of nitrogens with one attached hydrogen (secondary N) is 1. The largest absolute Gasteiger partial charge is 0.384 e. The highest BCUT2D eigenvalue weighted by molar-refractivity contribution is 7.89. The van der Waals surface area contributed by atoms with Gasteiger partial charge in [0.2, 0.25) is 10.0 Å². The van der Waals surface area contributed by atoms with Gasteiger partial charge in [-0.2, -0.15) is 0 Å². The lowest BCUT2D eigenvalue weighted by Gasteiger charge is -2.10. The van der Waals surface area contributed by atoms with Gasteiger partial charge in [0.05, 0.1) is 12.2 Å². The first-order valence-corrected chi connectivity index (χ1v) is 7.57. The van der Waals surface area contributed by atoms with Gasteiger partial charge in [-0.25, -0.2) is 21.9 Å². The van der Waals surface area contributed by atoms with Crippen LogP contribution in [0.5, 0.6) is 0 Å². The molecule has 0 spiro atoms. The van der Waals surface area contributed by atoms with Gasteiger partial charge in [0.1, 0.15) is 23.1 Å². The monoisotopic (exact) mass is 319 g/mol. The second kappa shape index (κ2) is 8.05. The highest BCUT2D eigenvalue weighted by atomic mass is 32.2. The molecule has 2 N–H and O–H groups in total. The van der Waals surface area contributed by atoms with E-state index in [4.69, 9.17) is 9.84 Å². The predicted octanol–water partition coefficient (Wildman–Crippen LogP) is 0.623. The summed E-state index contributed by atoms with van der Waals surface area (Å²) in [4.78, 5) is -0.749. The molecule has 1 aromatic rings. The average molecular weight is 319 g/mol. The van der Waals surface area contributed by atoms with Crippen molar-refractivity contribution in [1.29, 1.82) is 0 Å². The second-order valence-electron chi connectivity index (χ2n) is 3.82. The molecule has 0 unspecified atom stereocenters. The Balaban J connectivity index is 3.15. The smallest absolute Gasteiger partial charge is 0.244 e. The molecule has 0 aliphatic rings. The third-order valence-electron chi connectivity index (χ3n) is 2.32. The molecule has 8 heteroatoms. The van der Waals surface area contributed by atoms with Gasteiger partial charge in [-0.15, -0.1) is 0 Å². The fourth-order valence-electron chi connectivity index (χ4n) is 1.53. The first-order valence-electron chi connectivity index (χ1n) is 6.08. The Morgan fingerprint density at radius 2 is 2.10 bits per heavy atom. The summed E-state index contributed by atoms with van der Waals surface area (Å²) in [5.74, 6) is 2.18. The molecule has 5 nitrogen and oxygen atoms in total. The molecule has 0 saturated carbocycles. The molecule has 0 heterocycles. The van der Waals surface area contributed by atoms with Crippen LogP contribution in [0.15, 0.2) is 17.0 Å². The van der Waals surface area contributed by atoms with Gasteiger partial charge in [0, 0.05) is 19.2 Å². The number of aliphatic hydroxyl groups is 1. The van der Waals surface area contributed by atoms with E-state index in [1.807, 2.05) is 0 Å². The van der Waals surface area contributed by atoms with Gasteiger partial charge in [-0.1, -0.05) is 11.8 Å². The van der Waals surface area contributed by atoms with E-state index in [-0.39, 0.29) is 18.7 Å². The number of sulfonamides is 1. The molecule has 0 radical (unpaired) electrons. The van der Waals surface area contributed by atoms with Crippen LogP contribution in [-0.2, 0) is 14.8 Å². The van der Waals surface area contributed by atoms with Crippen LogP contribution in [0.4, 0.5) is 8.78 Å². The van der Waals surface area contributed by atoms with Crippen LogP contribution in [0.1, 0.15) is 12.5 Å². The van der Waals surface area contributed by atoms with Crippen molar-refractivity contribution in [3.63, 3.8) is 0 Å². The molecule has 0 atom stereocenters. The molecule has 0 bridgehead atoms. The summed E-state index contributed by atoms with van der Waals surface area (Å²) in [5, 5.41) is 8.62. The molecule has 1 rings (SSSR count). The maximum atomic E-state index is 13.8. The summed E-state index contributed by atoms with van der Waals surface area (Å²) in [7, 11) is -4.21. The van der Waals surface area contributed by atoms with Gasteiger partial charge >= 0.3 is 0 Å². The third-order valence-corrected chi connectivity index (χ3v) is 3.86. The molecule has 0 fully saturated rings. The van der Waals surface area contributed by atoms with E-state index in [9.17, 15) is 17.2 Å². The third kappa shape index (κ3) is 5.06. The van der Waals surface area contributed by atoms with E-state index in [0.717, 1.165) is 6.07 Å². The number of hydrogen-bond donors (Lipinski definition) is 2.